The molecular weight excluding hydrogens is 314 g/mol. The van der Waals surface area contributed by atoms with Crippen LogP contribution in [-0.4, -0.2) is 11.2 Å². The summed E-state index contributed by atoms with van der Waals surface area (Å²) in [6, 6.07) is 15.8. The summed E-state index contributed by atoms with van der Waals surface area (Å²) in [5, 5.41) is 7.66. The Morgan fingerprint density at radius 3 is 2.77 bits per heavy atom. The summed E-state index contributed by atoms with van der Waals surface area (Å²) in [6.45, 7) is 2.07. The van der Waals surface area contributed by atoms with Gasteiger partial charge in [-0.3, -0.25) is 5.43 Å². The third-order valence-corrected chi connectivity index (χ3v) is 4.06. The smallest absolute Gasteiger partial charge is 0.203 e. The van der Waals surface area contributed by atoms with Gasteiger partial charge < -0.3 is 0 Å². The molecule has 0 bridgehead atoms. The fourth-order valence-corrected chi connectivity index (χ4v) is 2.80. The van der Waals surface area contributed by atoms with Gasteiger partial charge in [0.1, 0.15) is 0 Å². The number of nitrogens with one attached hydrogen (secondary N) is 1. The van der Waals surface area contributed by atoms with Gasteiger partial charge in [0, 0.05) is 16.0 Å². The lowest BCUT2D eigenvalue weighted by Crippen LogP contribution is -1.90. The maximum absolute atomic E-state index is 5.93. The lowest BCUT2D eigenvalue weighted by atomic mass is 10.1. The highest BCUT2D eigenvalue weighted by atomic mass is 35.5. The van der Waals surface area contributed by atoms with E-state index in [-0.39, 0.29) is 0 Å². The minimum Gasteiger partial charge on any atom is -0.253 e. The summed E-state index contributed by atoms with van der Waals surface area (Å²) in [6.07, 6.45) is 1.72. The molecule has 0 fully saturated rings. The fourth-order valence-electron chi connectivity index (χ4n) is 1.93. The van der Waals surface area contributed by atoms with Crippen molar-refractivity contribution in [3.63, 3.8) is 0 Å². The summed E-state index contributed by atoms with van der Waals surface area (Å²) >= 11 is 7.46. The van der Waals surface area contributed by atoms with Crippen molar-refractivity contribution in [2.75, 3.05) is 5.43 Å². The molecule has 0 atom stereocenters. The zero-order valence-electron chi connectivity index (χ0n) is 12.0. The van der Waals surface area contributed by atoms with E-state index in [0.29, 0.717) is 5.02 Å². The van der Waals surface area contributed by atoms with Gasteiger partial charge in [0.15, 0.2) is 0 Å². The van der Waals surface area contributed by atoms with Crippen molar-refractivity contribution >= 4 is 34.3 Å². The maximum atomic E-state index is 5.93. The maximum Gasteiger partial charge on any atom is 0.203 e. The minimum absolute atomic E-state index is 0.694. The second-order valence-electron chi connectivity index (χ2n) is 4.83. The number of anilines is 1. The number of halogens is 1. The molecule has 0 unspecified atom stereocenters. The number of hydrogen-bond donors (Lipinski definition) is 1. The van der Waals surface area contributed by atoms with Gasteiger partial charge in [0.05, 0.1) is 11.9 Å². The first-order valence-corrected chi connectivity index (χ1v) is 8.04. The molecule has 1 N–H and O–H groups in total. The Hall–Kier alpha value is -2.17. The molecule has 0 aliphatic carbocycles. The average molecular weight is 328 g/mol. The van der Waals surface area contributed by atoms with E-state index in [4.69, 9.17) is 11.6 Å². The number of benzene rings is 2. The van der Waals surface area contributed by atoms with Crippen LogP contribution < -0.4 is 5.43 Å². The highest BCUT2D eigenvalue weighted by Gasteiger charge is 2.03. The van der Waals surface area contributed by atoms with Crippen LogP contribution in [0.5, 0.6) is 0 Å². The zero-order chi connectivity index (χ0) is 15.4. The van der Waals surface area contributed by atoms with Gasteiger partial charge in [-0.2, -0.15) is 5.10 Å². The molecule has 0 aliphatic heterocycles. The topological polar surface area (TPSA) is 37.3 Å². The van der Waals surface area contributed by atoms with Crippen LogP contribution in [0.4, 0.5) is 5.13 Å². The first-order chi connectivity index (χ1) is 10.7. The van der Waals surface area contributed by atoms with Crippen molar-refractivity contribution in [1.82, 2.24) is 4.98 Å². The normalized spacial score (nSPS) is 11.0. The third-order valence-electron chi connectivity index (χ3n) is 3.07. The molecule has 0 saturated heterocycles. The van der Waals surface area contributed by atoms with Gasteiger partial charge in [-0.25, -0.2) is 4.98 Å². The highest BCUT2D eigenvalue weighted by molar-refractivity contribution is 7.14. The van der Waals surface area contributed by atoms with Gasteiger partial charge in [0.25, 0.3) is 0 Å². The second-order valence-corrected chi connectivity index (χ2v) is 6.12. The Morgan fingerprint density at radius 1 is 1.18 bits per heavy atom. The highest BCUT2D eigenvalue weighted by Crippen LogP contribution is 2.25. The Bertz CT molecular complexity index is 794. The van der Waals surface area contributed by atoms with Crippen LogP contribution in [0.2, 0.25) is 5.02 Å². The van der Waals surface area contributed by atoms with Gasteiger partial charge >= 0.3 is 0 Å². The molecule has 0 saturated carbocycles. The summed E-state index contributed by atoms with van der Waals surface area (Å²) in [5.74, 6) is 0. The second kappa shape index (κ2) is 6.73. The van der Waals surface area contributed by atoms with Crippen molar-refractivity contribution in [2.24, 2.45) is 5.10 Å². The predicted octanol–water partition coefficient (Wildman–Crippen LogP) is 5.22. The molecule has 0 aliphatic rings. The van der Waals surface area contributed by atoms with Crippen LogP contribution >= 0.6 is 22.9 Å². The van der Waals surface area contributed by atoms with Crippen molar-refractivity contribution in [3.05, 3.63) is 70.1 Å². The molecule has 1 aromatic heterocycles. The van der Waals surface area contributed by atoms with Crippen LogP contribution in [0.3, 0.4) is 0 Å². The Labute approximate surface area is 138 Å². The Kier molecular flexibility index (Phi) is 4.51. The fraction of sp³-hybridized carbons (Fsp3) is 0.0588. The lowest BCUT2D eigenvalue weighted by Gasteiger charge is -1.97. The van der Waals surface area contributed by atoms with E-state index in [1.54, 1.807) is 6.21 Å². The van der Waals surface area contributed by atoms with Crippen LogP contribution in [-0.2, 0) is 0 Å². The summed E-state index contributed by atoms with van der Waals surface area (Å²) in [7, 11) is 0. The zero-order valence-corrected chi connectivity index (χ0v) is 13.5. The molecule has 0 radical (unpaired) electrons. The van der Waals surface area contributed by atoms with Crippen LogP contribution in [0.25, 0.3) is 11.3 Å². The van der Waals surface area contributed by atoms with Gasteiger partial charge in [-0.1, -0.05) is 53.6 Å². The van der Waals surface area contributed by atoms with E-state index in [9.17, 15) is 0 Å². The molecule has 0 spiro atoms. The molecule has 110 valence electrons. The quantitative estimate of drug-likeness (QED) is 0.527. The number of aromatic nitrogens is 1. The number of hydrazone groups is 1. The number of nitrogens with zero attached hydrogens (tertiary/aromatic N) is 2. The first-order valence-electron chi connectivity index (χ1n) is 6.78. The molecule has 3 aromatic rings. The van der Waals surface area contributed by atoms with E-state index in [0.717, 1.165) is 22.0 Å². The molecular formula is C17H14ClN3S. The minimum atomic E-state index is 0.694. The van der Waals surface area contributed by atoms with Crippen molar-refractivity contribution in [3.8, 4) is 11.3 Å². The van der Waals surface area contributed by atoms with Gasteiger partial charge in [0.2, 0.25) is 5.13 Å². The van der Waals surface area contributed by atoms with E-state index >= 15 is 0 Å². The summed E-state index contributed by atoms with van der Waals surface area (Å²) < 4.78 is 0. The van der Waals surface area contributed by atoms with E-state index < -0.39 is 0 Å². The van der Waals surface area contributed by atoms with E-state index in [1.165, 1.54) is 16.9 Å². The third kappa shape index (κ3) is 3.72. The lowest BCUT2D eigenvalue weighted by molar-refractivity contribution is 1.29. The van der Waals surface area contributed by atoms with Crippen molar-refractivity contribution in [2.45, 2.75) is 6.92 Å². The predicted molar refractivity (Wildman–Crippen MR) is 95.0 cm³/mol. The molecule has 22 heavy (non-hydrogen) atoms. The molecule has 1 heterocycles. The molecule has 0 amide bonds. The van der Waals surface area contributed by atoms with Crippen LogP contribution in [0, 0.1) is 6.92 Å². The summed E-state index contributed by atoms with van der Waals surface area (Å²) in [5.41, 5.74) is 7.18. The summed E-state index contributed by atoms with van der Waals surface area (Å²) in [4.78, 5) is 4.53. The molecule has 2 aromatic carbocycles. The first kappa shape index (κ1) is 14.8. The molecule has 3 rings (SSSR count). The van der Waals surface area contributed by atoms with E-state index in [2.05, 4.69) is 46.7 Å². The van der Waals surface area contributed by atoms with Crippen LogP contribution in [0.15, 0.2) is 59.0 Å². The monoisotopic (exact) mass is 327 g/mol. The van der Waals surface area contributed by atoms with Crippen molar-refractivity contribution in [1.29, 1.82) is 0 Å². The number of aryl methyl sites for hydroxylation is 1. The Balaban J connectivity index is 1.68. The van der Waals surface area contributed by atoms with Crippen molar-refractivity contribution < 1.29 is 0 Å². The SMILES string of the molecule is Cc1ccc(-c2csc(NN=Cc3cccc(Cl)c3)n2)cc1. The molecule has 3 nitrogen and oxygen atoms in total. The largest absolute Gasteiger partial charge is 0.253 e. The van der Waals surface area contributed by atoms with Crippen LogP contribution in [0.1, 0.15) is 11.1 Å². The number of hydrogen-bond acceptors (Lipinski definition) is 4. The number of thiazole rings is 1. The van der Waals surface area contributed by atoms with Gasteiger partial charge in [-0.05, 0) is 24.6 Å². The molecule has 5 heteroatoms. The standard InChI is InChI=1S/C17H14ClN3S/c1-12-5-7-14(8-6-12)16-11-22-17(20-16)21-19-10-13-3-2-4-15(18)9-13/h2-11H,1H3,(H,20,21). The Morgan fingerprint density at radius 2 is 2.00 bits per heavy atom. The number of rotatable bonds is 4. The van der Waals surface area contributed by atoms with E-state index in [1.807, 2.05) is 29.6 Å². The average Bonchev–Trinajstić information content (AvgIpc) is 2.97. The van der Waals surface area contributed by atoms with Gasteiger partial charge in [-0.15, -0.1) is 11.3 Å².